The molecule has 1 unspecified atom stereocenters. The molecule has 3 aromatic carbocycles. The molecule has 0 bridgehead atoms. The summed E-state index contributed by atoms with van der Waals surface area (Å²) in [7, 11) is 0. The van der Waals surface area contributed by atoms with Gasteiger partial charge in [0.1, 0.15) is 0 Å². The summed E-state index contributed by atoms with van der Waals surface area (Å²) in [5, 5.41) is 16.1. The molecule has 0 heterocycles. The first-order valence-electron chi connectivity index (χ1n) is 10.5. The maximum atomic E-state index is 12.6. The SMILES string of the molecule is CC(Sc1cccc(NC(=O)c2ccc([N+](=O)[O-])cc2)c1)C(=O)Nc1ccc(C(C)C)cc1. The van der Waals surface area contributed by atoms with Gasteiger partial charge in [-0.15, -0.1) is 11.8 Å². The zero-order chi connectivity index (χ0) is 24.0. The maximum Gasteiger partial charge on any atom is 0.269 e. The molecule has 0 aromatic heterocycles. The van der Waals surface area contributed by atoms with Crippen LogP contribution in [0.15, 0.2) is 77.7 Å². The van der Waals surface area contributed by atoms with E-state index in [1.165, 1.54) is 41.6 Å². The summed E-state index contributed by atoms with van der Waals surface area (Å²) < 4.78 is 0. The molecule has 0 saturated carbocycles. The van der Waals surface area contributed by atoms with Gasteiger partial charge in [0, 0.05) is 34.0 Å². The van der Waals surface area contributed by atoms with Gasteiger partial charge in [0.25, 0.3) is 11.6 Å². The fourth-order valence-electron chi connectivity index (χ4n) is 3.04. The van der Waals surface area contributed by atoms with Crippen molar-refractivity contribution >= 4 is 40.6 Å². The minimum atomic E-state index is -0.514. The van der Waals surface area contributed by atoms with Crippen LogP contribution in [0.4, 0.5) is 17.1 Å². The first-order valence-corrected chi connectivity index (χ1v) is 11.3. The van der Waals surface area contributed by atoms with Crippen LogP contribution in [-0.2, 0) is 4.79 Å². The highest BCUT2D eigenvalue weighted by atomic mass is 32.2. The van der Waals surface area contributed by atoms with Crippen LogP contribution in [0.1, 0.15) is 42.6 Å². The average molecular weight is 464 g/mol. The van der Waals surface area contributed by atoms with Gasteiger partial charge in [-0.2, -0.15) is 0 Å². The van der Waals surface area contributed by atoms with Gasteiger partial charge in [0.15, 0.2) is 0 Å². The Morgan fingerprint density at radius 2 is 1.55 bits per heavy atom. The van der Waals surface area contributed by atoms with Crippen molar-refractivity contribution < 1.29 is 14.5 Å². The lowest BCUT2D eigenvalue weighted by Gasteiger charge is -2.14. The summed E-state index contributed by atoms with van der Waals surface area (Å²) in [5.41, 5.74) is 2.77. The van der Waals surface area contributed by atoms with E-state index in [2.05, 4.69) is 24.5 Å². The number of carbonyl (C=O) groups is 2. The van der Waals surface area contributed by atoms with Gasteiger partial charge in [0.2, 0.25) is 5.91 Å². The van der Waals surface area contributed by atoms with E-state index in [-0.39, 0.29) is 22.8 Å². The highest BCUT2D eigenvalue weighted by molar-refractivity contribution is 8.00. The van der Waals surface area contributed by atoms with E-state index < -0.39 is 4.92 Å². The highest BCUT2D eigenvalue weighted by Gasteiger charge is 2.16. The van der Waals surface area contributed by atoms with Gasteiger partial charge >= 0.3 is 0 Å². The summed E-state index contributed by atoms with van der Waals surface area (Å²) in [6, 6.07) is 20.4. The van der Waals surface area contributed by atoms with E-state index in [1.54, 1.807) is 18.2 Å². The number of nitro groups is 1. The van der Waals surface area contributed by atoms with Crippen LogP contribution in [0.2, 0.25) is 0 Å². The molecule has 1 atom stereocenters. The molecule has 0 radical (unpaired) electrons. The number of rotatable bonds is 8. The molecule has 8 heteroatoms. The summed E-state index contributed by atoms with van der Waals surface area (Å²) >= 11 is 1.38. The summed E-state index contributed by atoms with van der Waals surface area (Å²) in [6.45, 7) is 6.06. The highest BCUT2D eigenvalue weighted by Crippen LogP contribution is 2.27. The van der Waals surface area contributed by atoms with Crippen LogP contribution in [0.5, 0.6) is 0 Å². The molecular weight excluding hydrogens is 438 g/mol. The van der Waals surface area contributed by atoms with E-state index in [9.17, 15) is 19.7 Å². The van der Waals surface area contributed by atoms with Crippen molar-refractivity contribution in [3.05, 3.63) is 94.0 Å². The van der Waals surface area contributed by atoms with Crippen LogP contribution in [0, 0.1) is 10.1 Å². The lowest BCUT2D eigenvalue weighted by molar-refractivity contribution is -0.384. The summed E-state index contributed by atoms with van der Waals surface area (Å²) in [5.74, 6) is -0.0577. The van der Waals surface area contributed by atoms with Gasteiger partial charge in [-0.1, -0.05) is 32.0 Å². The Hall–Kier alpha value is -3.65. The zero-order valence-electron chi connectivity index (χ0n) is 18.6. The van der Waals surface area contributed by atoms with Gasteiger partial charge < -0.3 is 10.6 Å². The Labute approximate surface area is 196 Å². The fourth-order valence-corrected chi connectivity index (χ4v) is 3.96. The lowest BCUT2D eigenvalue weighted by Crippen LogP contribution is -2.22. The number of amides is 2. The van der Waals surface area contributed by atoms with Crippen LogP contribution in [0.25, 0.3) is 0 Å². The van der Waals surface area contributed by atoms with Crippen LogP contribution in [0.3, 0.4) is 0 Å². The van der Waals surface area contributed by atoms with Crippen molar-refractivity contribution in [2.24, 2.45) is 0 Å². The minimum Gasteiger partial charge on any atom is -0.325 e. The van der Waals surface area contributed by atoms with Crippen molar-refractivity contribution in [1.82, 2.24) is 0 Å². The summed E-state index contributed by atoms with van der Waals surface area (Å²) in [6.07, 6.45) is 0. The fraction of sp³-hybridized carbons (Fsp3) is 0.200. The average Bonchev–Trinajstić information content (AvgIpc) is 2.79. The Bertz CT molecular complexity index is 1150. The maximum absolute atomic E-state index is 12.6. The second-order valence-electron chi connectivity index (χ2n) is 7.81. The second-order valence-corrected chi connectivity index (χ2v) is 9.23. The van der Waals surface area contributed by atoms with Gasteiger partial charge in [-0.3, -0.25) is 19.7 Å². The number of nitrogens with one attached hydrogen (secondary N) is 2. The van der Waals surface area contributed by atoms with Crippen molar-refractivity contribution in [3.63, 3.8) is 0 Å². The number of hydrogen-bond acceptors (Lipinski definition) is 5. The molecule has 0 aliphatic rings. The monoisotopic (exact) mass is 463 g/mol. The van der Waals surface area contributed by atoms with E-state index in [4.69, 9.17) is 0 Å². The van der Waals surface area contributed by atoms with Gasteiger partial charge in [0.05, 0.1) is 10.2 Å². The van der Waals surface area contributed by atoms with Crippen molar-refractivity contribution in [2.75, 3.05) is 10.6 Å². The number of thioether (sulfide) groups is 1. The standard InChI is InChI=1S/C25H25N3O4S/c1-16(2)18-7-11-20(12-8-18)26-24(29)17(3)33-23-6-4-5-21(15-23)27-25(30)19-9-13-22(14-10-19)28(31)32/h4-17H,1-3H3,(H,26,29)(H,27,30). The van der Waals surface area contributed by atoms with Crippen LogP contribution >= 0.6 is 11.8 Å². The first-order chi connectivity index (χ1) is 15.7. The number of hydrogen-bond donors (Lipinski definition) is 2. The lowest BCUT2D eigenvalue weighted by atomic mass is 10.0. The Balaban J connectivity index is 1.59. The van der Waals surface area contributed by atoms with Crippen molar-refractivity contribution in [1.29, 1.82) is 0 Å². The number of carbonyl (C=O) groups excluding carboxylic acids is 2. The van der Waals surface area contributed by atoms with Gasteiger partial charge in [-0.05, 0) is 60.9 Å². The smallest absolute Gasteiger partial charge is 0.269 e. The third-order valence-corrected chi connectivity index (χ3v) is 6.05. The Morgan fingerprint density at radius 1 is 0.879 bits per heavy atom. The largest absolute Gasteiger partial charge is 0.325 e. The third kappa shape index (κ3) is 6.66. The number of benzene rings is 3. The van der Waals surface area contributed by atoms with E-state index in [0.29, 0.717) is 17.2 Å². The Kier molecular flexibility index (Phi) is 7.84. The molecule has 0 aliphatic heterocycles. The van der Waals surface area contributed by atoms with Crippen molar-refractivity contribution in [3.8, 4) is 0 Å². The van der Waals surface area contributed by atoms with Crippen LogP contribution in [-0.4, -0.2) is 22.0 Å². The Morgan fingerprint density at radius 3 is 2.15 bits per heavy atom. The topological polar surface area (TPSA) is 101 Å². The molecule has 2 amide bonds. The van der Waals surface area contributed by atoms with Gasteiger partial charge in [-0.25, -0.2) is 0 Å². The number of anilines is 2. The number of non-ortho nitro benzene ring substituents is 1. The predicted octanol–water partition coefficient (Wildman–Crippen LogP) is 6.09. The number of nitro benzene ring substituents is 1. The first kappa shape index (κ1) is 24.0. The van der Waals surface area contributed by atoms with E-state index >= 15 is 0 Å². The zero-order valence-corrected chi connectivity index (χ0v) is 19.4. The molecule has 0 spiro atoms. The number of nitrogens with zero attached hydrogens (tertiary/aromatic N) is 1. The molecule has 0 fully saturated rings. The van der Waals surface area contributed by atoms with E-state index in [0.717, 1.165) is 10.6 Å². The second kappa shape index (κ2) is 10.8. The molecule has 3 aromatic rings. The van der Waals surface area contributed by atoms with Crippen molar-refractivity contribution in [2.45, 2.75) is 36.8 Å². The molecule has 33 heavy (non-hydrogen) atoms. The minimum absolute atomic E-state index is 0.0759. The van der Waals surface area contributed by atoms with Crippen LogP contribution < -0.4 is 10.6 Å². The molecule has 0 aliphatic carbocycles. The summed E-state index contributed by atoms with van der Waals surface area (Å²) in [4.78, 5) is 36.1. The van der Waals surface area contributed by atoms with E-state index in [1.807, 2.05) is 37.3 Å². The molecule has 3 rings (SSSR count). The molecule has 7 nitrogen and oxygen atoms in total. The third-order valence-electron chi connectivity index (χ3n) is 4.96. The quantitative estimate of drug-likeness (QED) is 0.239. The molecule has 170 valence electrons. The predicted molar refractivity (Wildman–Crippen MR) is 132 cm³/mol. The molecule has 2 N–H and O–H groups in total. The normalized spacial score (nSPS) is 11.6. The molecular formula is C25H25N3O4S. The molecule has 0 saturated heterocycles.